The summed E-state index contributed by atoms with van der Waals surface area (Å²) in [5.41, 5.74) is 1.97. The molecule has 0 N–H and O–H groups in total. The maximum atomic E-state index is 10.8. The van der Waals surface area contributed by atoms with Crippen LogP contribution >= 0.6 is 11.6 Å². The molecule has 2 rings (SSSR count). The van der Waals surface area contributed by atoms with Crippen LogP contribution in [0.15, 0.2) is 18.2 Å². The van der Waals surface area contributed by atoms with Crippen molar-refractivity contribution in [2.45, 2.75) is 19.2 Å². The van der Waals surface area contributed by atoms with Crippen molar-refractivity contribution in [3.05, 3.63) is 33.9 Å². The second-order valence-electron chi connectivity index (χ2n) is 5.03. The first-order chi connectivity index (χ1) is 9.65. The molecule has 1 aliphatic rings. The third-order valence-electron chi connectivity index (χ3n) is 3.67. The molecule has 20 heavy (non-hydrogen) atoms. The summed E-state index contributed by atoms with van der Waals surface area (Å²) in [5, 5.41) is 10.8. The summed E-state index contributed by atoms with van der Waals surface area (Å²) in [6.45, 7) is 7.28. The summed E-state index contributed by atoms with van der Waals surface area (Å²) < 4.78 is 0. The molecule has 0 bridgehead atoms. The first kappa shape index (κ1) is 15.1. The topological polar surface area (TPSA) is 49.6 Å². The zero-order valence-corrected chi connectivity index (χ0v) is 12.5. The standard InChI is InChI=1S/C14H20ClN3O2/c1-2-5-16-6-8-17(9-7-16)14-4-3-13(18(19)20)10-12(14)11-15/h3-4,10H,2,5-9,11H2,1H3. The molecule has 0 aromatic heterocycles. The molecule has 0 unspecified atom stereocenters. The predicted octanol–water partition coefficient (Wildman–Crippen LogP) is 2.87. The lowest BCUT2D eigenvalue weighted by molar-refractivity contribution is -0.384. The van der Waals surface area contributed by atoms with Gasteiger partial charge in [0.2, 0.25) is 0 Å². The molecule has 1 fully saturated rings. The number of nitrogens with zero attached hydrogens (tertiary/aromatic N) is 3. The Labute approximate surface area is 124 Å². The molecule has 0 spiro atoms. The van der Waals surface area contributed by atoms with Crippen molar-refractivity contribution in [2.75, 3.05) is 37.6 Å². The van der Waals surface area contributed by atoms with E-state index in [9.17, 15) is 10.1 Å². The van der Waals surface area contributed by atoms with E-state index in [-0.39, 0.29) is 10.6 Å². The molecule has 6 heteroatoms. The third kappa shape index (κ3) is 3.41. The number of alkyl halides is 1. The normalized spacial score (nSPS) is 16.4. The van der Waals surface area contributed by atoms with Crippen molar-refractivity contribution in [3.63, 3.8) is 0 Å². The van der Waals surface area contributed by atoms with Gasteiger partial charge in [0.1, 0.15) is 0 Å². The Balaban J connectivity index is 2.11. The van der Waals surface area contributed by atoms with Gasteiger partial charge in [-0.3, -0.25) is 15.0 Å². The number of anilines is 1. The van der Waals surface area contributed by atoms with Crippen LogP contribution in [-0.4, -0.2) is 42.5 Å². The van der Waals surface area contributed by atoms with E-state index in [0.717, 1.165) is 44.0 Å². The first-order valence-electron chi connectivity index (χ1n) is 6.96. The van der Waals surface area contributed by atoms with Crippen LogP contribution in [0.25, 0.3) is 0 Å². The average Bonchev–Trinajstić information content (AvgIpc) is 2.47. The molecule has 1 aromatic rings. The van der Waals surface area contributed by atoms with E-state index in [1.807, 2.05) is 6.07 Å². The van der Waals surface area contributed by atoms with E-state index < -0.39 is 0 Å². The number of halogens is 1. The largest absolute Gasteiger partial charge is 0.369 e. The van der Waals surface area contributed by atoms with E-state index in [1.165, 1.54) is 6.42 Å². The van der Waals surface area contributed by atoms with Gasteiger partial charge in [0, 0.05) is 49.9 Å². The van der Waals surface area contributed by atoms with E-state index in [1.54, 1.807) is 12.1 Å². The van der Waals surface area contributed by atoms with Gasteiger partial charge in [-0.1, -0.05) is 6.92 Å². The van der Waals surface area contributed by atoms with Crippen molar-refractivity contribution in [1.82, 2.24) is 4.90 Å². The van der Waals surface area contributed by atoms with Gasteiger partial charge in [-0.25, -0.2) is 0 Å². The van der Waals surface area contributed by atoms with Gasteiger partial charge in [0.25, 0.3) is 5.69 Å². The van der Waals surface area contributed by atoms with Crippen LogP contribution in [0.1, 0.15) is 18.9 Å². The van der Waals surface area contributed by atoms with Crippen LogP contribution in [0.2, 0.25) is 0 Å². The van der Waals surface area contributed by atoms with E-state index in [4.69, 9.17) is 11.6 Å². The highest BCUT2D eigenvalue weighted by atomic mass is 35.5. The van der Waals surface area contributed by atoms with Crippen LogP contribution in [0.4, 0.5) is 11.4 Å². The Morgan fingerprint density at radius 1 is 1.30 bits per heavy atom. The fraction of sp³-hybridized carbons (Fsp3) is 0.571. The Kier molecular flexibility index (Phi) is 5.20. The predicted molar refractivity (Wildman–Crippen MR) is 81.6 cm³/mol. The van der Waals surface area contributed by atoms with Crippen LogP contribution < -0.4 is 4.90 Å². The van der Waals surface area contributed by atoms with Crippen molar-refractivity contribution in [3.8, 4) is 0 Å². The second kappa shape index (κ2) is 6.90. The minimum Gasteiger partial charge on any atom is -0.369 e. The molecule has 0 atom stereocenters. The molecule has 0 aliphatic carbocycles. The molecule has 1 heterocycles. The molecular formula is C14H20ClN3O2. The highest BCUT2D eigenvalue weighted by Gasteiger charge is 2.20. The van der Waals surface area contributed by atoms with Gasteiger partial charge in [-0.2, -0.15) is 0 Å². The zero-order valence-electron chi connectivity index (χ0n) is 11.7. The molecule has 1 saturated heterocycles. The number of non-ortho nitro benzene ring substituents is 1. The zero-order chi connectivity index (χ0) is 14.5. The smallest absolute Gasteiger partial charge is 0.269 e. The Morgan fingerprint density at radius 3 is 2.55 bits per heavy atom. The van der Waals surface area contributed by atoms with Gasteiger partial charge in [-0.05, 0) is 24.6 Å². The second-order valence-corrected chi connectivity index (χ2v) is 5.30. The monoisotopic (exact) mass is 297 g/mol. The lowest BCUT2D eigenvalue weighted by atomic mass is 10.1. The molecule has 0 saturated carbocycles. The first-order valence-corrected chi connectivity index (χ1v) is 7.49. The maximum Gasteiger partial charge on any atom is 0.269 e. The van der Waals surface area contributed by atoms with E-state index in [2.05, 4.69) is 16.7 Å². The summed E-state index contributed by atoms with van der Waals surface area (Å²) in [6.07, 6.45) is 1.17. The summed E-state index contributed by atoms with van der Waals surface area (Å²) in [5.74, 6) is 0.298. The molecule has 1 aromatic carbocycles. The Hall–Kier alpha value is -1.33. The number of piperazine rings is 1. The number of benzene rings is 1. The number of nitro groups is 1. The lowest BCUT2D eigenvalue weighted by Gasteiger charge is -2.36. The van der Waals surface area contributed by atoms with Crippen LogP contribution in [-0.2, 0) is 5.88 Å². The average molecular weight is 298 g/mol. The van der Waals surface area contributed by atoms with Gasteiger partial charge in [0.15, 0.2) is 0 Å². The van der Waals surface area contributed by atoms with Crippen LogP contribution in [0.3, 0.4) is 0 Å². The Morgan fingerprint density at radius 2 is 2.00 bits per heavy atom. The summed E-state index contributed by atoms with van der Waals surface area (Å²) in [7, 11) is 0. The van der Waals surface area contributed by atoms with E-state index >= 15 is 0 Å². The maximum absolute atomic E-state index is 10.8. The number of nitro benzene ring substituents is 1. The number of rotatable bonds is 5. The van der Waals surface area contributed by atoms with Gasteiger partial charge in [0.05, 0.1) is 4.92 Å². The molecule has 5 nitrogen and oxygen atoms in total. The minimum atomic E-state index is -0.376. The molecule has 110 valence electrons. The van der Waals surface area contributed by atoms with Crippen molar-refractivity contribution in [1.29, 1.82) is 0 Å². The fourth-order valence-electron chi connectivity index (χ4n) is 2.63. The SMILES string of the molecule is CCCN1CCN(c2ccc([N+](=O)[O-])cc2CCl)CC1. The van der Waals surface area contributed by atoms with Crippen molar-refractivity contribution < 1.29 is 4.92 Å². The highest BCUT2D eigenvalue weighted by Crippen LogP contribution is 2.27. The highest BCUT2D eigenvalue weighted by molar-refractivity contribution is 6.17. The lowest BCUT2D eigenvalue weighted by Crippen LogP contribution is -2.46. The van der Waals surface area contributed by atoms with Crippen LogP contribution in [0, 0.1) is 10.1 Å². The van der Waals surface area contributed by atoms with Gasteiger partial charge in [-0.15, -0.1) is 11.6 Å². The molecular weight excluding hydrogens is 278 g/mol. The molecule has 0 amide bonds. The minimum absolute atomic E-state index is 0.106. The van der Waals surface area contributed by atoms with Crippen molar-refractivity contribution in [2.24, 2.45) is 0 Å². The number of hydrogen-bond acceptors (Lipinski definition) is 4. The van der Waals surface area contributed by atoms with Gasteiger partial charge >= 0.3 is 0 Å². The summed E-state index contributed by atoms with van der Waals surface area (Å²) in [6, 6.07) is 4.97. The van der Waals surface area contributed by atoms with Gasteiger partial charge < -0.3 is 4.90 Å². The summed E-state index contributed by atoms with van der Waals surface area (Å²) in [4.78, 5) is 15.2. The molecule has 1 aliphatic heterocycles. The third-order valence-corrected chi connectivity index (χ3v) is 3.96. The Bertz CT molecular complexity index is 473. The summed E-state index contributed by atoms with van der Waals surface area (Å²) >= 11 is 5.95. The van der Waals surface area contributed by atoms with Crippen molar-refractivity contribution >= 4 is 23.0 Å². The fourth-order valence-corrected chi connectivity index (χ4v) is 2.84. The quantitative estimate of drug-likeness (QED) is 0.476. The van der Waals surface area contributed by atoms with E-state index in [0.29, 0.717) is 5.88 Å². The van der Waals surface area contributed by atoms with Crippen LogP contribution in [0.5, 0.6) is 0 Å². The number of hydrogen-bond donors (Lipinski definition) is 0. The molecule has 0 radical (unpaired) electrons.